The Labute approximate surface area is 129 Å². The number of rotatable bonds is 4. The molecule has 0 aliphatic heterocycles. The molecule has 0 saturated heterocycles. The van der Waals surface area contributed by atoms with Gasteiger partial charge in [0, 0.05) is 24.7 Å². The van der Waals surface area contributed by atoms with Gasteiger partial charge in [-0.1, -0.05) is 17.8 Å². The van der Waals surface area contributed by atoms with Crippen molar-refractivity contribution in [3.8, 4) is 0 Å². The summed E-state index contributed by atoms with van der Waals surface area (Å²) >= 11 is 1.64. The third kappa shape index (κ3) is 4.35. The molecule has 0 amide bonds. The number of aromatic nitrogens is 4. The van der Waals surface area contributed by atoms with Crippen LogP contribution in [0.2, 0.25) is 0 Å². The lowest BCUT2D eigenvalue weighted by Gasteiger charge is -2.04. The van der Waals surface area contributed by atoms with Crippen LogP contribution < -0.4 is 5.73 Å². The molecule has 0 atom stereocenters. The molecule has 0 fully saturated rings. The summed E-state index contributed by atoms with van der Waals surface area (Å²) in [4.78, 5) is 4.26. The molecule has 0 saturated carbocycles. The van der Waals surface area contributed by atoms with E-state index in [1.807, 2.05) is 24.6 Å². The van der Waals surface area contributed by atoms with Crippen LogP contribution in [-0.2, 0) is 19.3 Å². The van der Waals surface area contributed by atoms with E-state index in [1.54, 1.807) is 18.0 Å². The van der Waals surface area contributed by atoms with E-state index < -0.39 is 0 Å². The van der Waals surface area contributed by atoms with Gasteiger partial charge in [-0.05, 0) is 18.6 Å². The third-order valence-electron chi connectivity index (χ3n) is 2.58. The van der Waals surface area contributed by atoms with Crippen LogP contribution in [0.4, 0.5) is 0 Å². The molecule has 2 rings (SSSR count). The molecule has 106 valence electrons. The van der Waals surface area contributed by atoms with E-state index in [4.69, 9.17) is 5.73 Å². The third-order valence-corrected chi connectivity index (χ3v) is 3.65. The average Bonchev–Trinajstić information content (AvgIpc) is 2.69. The van der Waals surface area contributed by atoms with Crippen molar-refractivity contribution in [2.75, 3.05) is 0 Å². The molecule has 2 N–H and O–H groups in total. The van der Waals surface area contributed by atoms with Crippen LogP contribution in [0.15, 0.2) is 23.5 Å². The van der Waals surface area contributed by atoms with E-state index in [0.717, 1.165) is 22.4 Å². The Hall–Kier alpha value is -0.820. The number of nitrogens with zero attached hydrogens (tertiary/aromatic N) is 4. The fraction of sp³-hybridized carbons (Fsp3) is 0.364. The van der Waals surface area contributed by atoms with Crippen molar-refractivity contribution < 1.29 is 0 Å². The molecular formula is C11H17Cl2N5S. The lowest BCUT2D eigenvalue weighted by atomic mass is 10.2. The SMILES string of the molecule is Cc1ncccc1CSc1nnc(CN)n1C.Cl.Cl. The summed E-state index contributed by atoms with van der Waals surface area (Å²) in [6.07, 6.45) is 1.80. The van der Waals surface area contributed by atoms with Gasteiger partial charge in [0.05, 0.1) is 6.54 Å². The summed E-state index contributed by atoms with van der Waals surface area (Å²) in [6.45, 7) is 2.42. The molecule has 8 heteroatoms. The Bertz CT molecular complexity index is 518. The van der Waals surface area contributed by atoms with Crippen molar-refractivity contribution in [1.29, 1.82) is 0 Å². The number of nitrogens with two attached hydrogens (primary N) is 1. The van der Waals surface area contributed by atoms with Gasteiger partial charge >= 0.3 is 0 Å². The zero-order valence-electron chi connectivity index (χ0n) is 10.7. The molecular weight excluding hydrogens is 305 g/mol. The largest absolute Gasteiger partial charge is 0.324 e. The molecule has 0 spiro atoms. The Morgan fingerprint density at radius 1 is 1.32 bits per heavy atom. The van der Waals surface area contributed by atoms with Crippen LogP contribution in [0.5, 0.6) is 0 Å². The van der Waals surface area contributed by atoms with Crippen molar-refractivity contribution in [1.82, 2.24) is 19.7 Å². The van der Waals surface area contributed by atoms with Crippen molar-refractivity contribution >= 4 is 36.6 Å². The van der Waals surface area contributed by atoms with E-state index in [-0.39, 0.29) is 24.8 Å². The van der Waals surface area contributed by atoms with Crippen molar-refractivity contribution in [2.24, 2.45) is 12.8 Å². The van der Waals surface area contributed by atoms with Gasteiger partial charge < -0.3 is 10.3 Å². The maximum atomic E-state index is 5.55. The molecule has 2 aromatic rings. The number of halogens is 2. The van der Waals surface area contributed by atoms with Crippen LogP contribution in [0, 0.1) is 6.92 Å². The number of hydrogen-bond donors (Lipinski definition) is 1. The number of thioether (sulfide) groups is 1. The normalized spacial score (nSPS) is 9.63. The molecule has 2 heterocycles. The molecule has 0 unspecified atom stereocenters. The van der Waals surface area contributed by atoms with Crippen LogP contribution >= 0.6 is 36.6 Å². The van der Waals surface area contributed by atoms with Gasteiger partial charge in [0.2, 0.25) is 0 Å². The Morgan fingerprint density at radius 2 is 2.05 bits per heavy atom. The highest BCUT2D eigenvalue weighted by atomic mass is 35.5. The van der Waals surface area contributed by atoms with Crippen LogP contribution in [0.1, 0.15) is 17.1 Å². The van der Waals surface area contributed by atoms with Gasteiger partial charge in [-0.2, -0.15) is 0 Å². The smallest absolute Gasteiger partial charge is 0.191 e. The monoisotopic (exact) mass is 321 g/mol. The quantitative estimate of drug-likeness (QED) is 0.873. The van der Waals surface area contributed by atoms with Crippen molar-refractivity contribution in [3.05, 3.63) is 35.4 Å². The van der Waals surface area contributed by atoms with Crippen LogP contribution in [-0.4, -0.2) is 19.7 Å². The first-order valence-electron chi connectivity index (χ1n) is 5.34. The van der Waals surface area contributed by atoms with E-state index in [1.165, 1.54) is 5.56 Å². The Morgan fingerprint density at radius 3 is 2.63 bits per heavy atom. The minimum atomic E-state index is 0. The zero-order chi connectivity index (χ0) is 12.3. The topological polar surface area (TPSA) is 69.6 Å². The predicted octanol–water partition coefficient (Wildman–Crippen LogP) is 2.11. The van der Waals surface area contributed by atoms with E-state index in [0.29, 0.717) is 6.54 Å². The van der Waals surface area contributed by atoms with E-state index >= 15 is 0 Å². The van der Waals surface area contributed by atoms with Gasteiger partial charge in [0.25, 0.3) is 0 Å². The van der Waals surface area contributed by atoms with Crippen LogP contribution in [0.3, 0.4) is 0 Å². The fourth-order valence-corrected chi connectivity index (χ4v) is 2.45. The second-order valence-electron chi connectivity index (χ2n) is 3.70. The molecule has 0 aliphatic rings. The summed E-state index contributed by atoms with van der Waals surface area (Å²) in [6, 6.07) is 4.03. The maximum Gasteiger partial charge on any atom is 0.191 e. The molecule has 0 aliphatic carbocycles. The molecule has 2 aromatic heterocycles. The molecule has 0 radical (unpaired) electrons. The van der Waals surface area contributed by atoms with Crippen molar-refractivity contribution in [2.45, 2.75) is 24.4 Å². The average molecular weight is 322 g/mol. The molecule has 5 nitrogen and oxygen atoms in total. The van der Waals surface area contributed by atoms with Crippen molar-refractivity contribution in [3.63, 3.8) is 0 Å². The summed E-state index contributed by atoms with van der Waals surface area (Å²) in [5, 5.41) is 9.01. The molecule has 19 heavy (non-hydrogen) atoms. The minimum Gasteiger partial charge on any atom is -0.324 e. The summed E-state index contributed by atoms with van der Waals surface area (Å²) < 4.78 is 1.93. The highest BCUT2D eigenvalue weighted by molar-refractivity contribution is 7.98. The zero-order valence-corrected chi connectivity index (χ0v) is 13.2. The second-order valence-corrected chi connectivity index (χ2v) is 4.64. The summed E-state index contributed by atoms with van der Waals surface area (Å²) in [5.74, 6) is 1.64. The van der Waals surface area contributed by atoms with Gasteiger partial charge in [-0.25, -0.2) is 0 Å². The van der Waals surface area contributed by atoms with E-state index in [9.17, 15) is 0 Å². The number of aryl methyl sites for hydroxylation is 1. The van der Waals surface area contributed by atoms with Gasteiger partial charge in [0.1, 0.15) is 5.82 Å². The van der Waals surface area contributed by atoms with E-state index in [2.05, 4.69) is 21.2 Å². The van der Waals surface area contributed by atoms with Gasteiger partial charge in [0.15, 0.2) is 5.16 Å². The lowest BCUT2D eigenvalue weighted by Crippen LogP contribution is -2.05. The molecule has 0 bridgehead atoms. The summed E-state index contributed by atoms with van der Waals surface area (Å²) in [7, 11) is 1.93. The van der Waals surface area contributed by atoms with Gasteiger partial charge in [-0.15, -0.1) is 35.0 Å². The first kappa shape index (κ1) is 18.2. The first-order valence-corrected chi connectivity index (χ1v) is 6.32. The first-order chi connectivity index (χ1) is 8.22. The fourth-order valence-electron chi connectivity index (χ4n) is 1.46. The second kappa shape index (κ2) is 8.37. The standard InChI is InChI=1S/C11H15N5S.2ClH/c1-8-9(4-3-5-13-8)7-17-11-15-14-10(6-12)16(11)2;;/h3-5H,6-7,12H2,1-2H3;2*1H. The number of hydrogen-bond acceptors (Lipinski definition) is 5. The number of pyridine rings is 1. The highest BCUT2D eigenvalue weighted by Crippen LogP contribution is 2.21. The van der Waals surface area contributed by atoms with Gasteiger partial charge in [-0.3, -0.25) is 4.98 Å². The lowest BCUT2D eigenvalue weighted by molar-refractivity contribution is 0.734. The summed E-state index contributed by atoms with van der Waals surface area (Å²) in [5.41, 5.74) is 7.83. The Kier molecular flexibility index (Phi) is 8.01. The van der Waals surface area contributed by atoms with Crippen LogP contribution in [0.25, 0.3) is 0 Å². The Balaban J connectivity index is 0.00000162. The predicted molar refractivity (Wildman–Crippen MR) is 81.9 cm³/mol. The highest BCUT2D eigenvalue weighted by Gasteiger charge is 2.08. The minimum absolute atomic E-state index is 0. The maximum absolute atomic E-state index is 5.55. The molecule has 0 aromatic carbocycles.